The first-order chi connectivity index (χ1) is 15.5. The normalized spacial score (nSPS) is 14.9. The summed E-state index contributed by atoms with van der Waals surface area (Å²) in [5, 5.41) is 9.36. The van der Waals surface area contributed by atoms with Crippen molar-refractivity contribution in [3.8, 4) is 22.5 Å². The number of aliphatic hydroxyl groups is 1. The van der Waals surface area contributed by atoms with Crippen LogP contribution >= 0.6 is 0 Å². The molecule has 1 fully saturated rings. The van der Waals surface area contributed by atoms with Crippen LogP contribution in [0.25, 0.3) is 33.5 Å². The molecule has 3 heterocycles. The molecule has 1 aliphatic heterocycles. The van der Waals surface area contributed by atoms with E-state index < -0.39 is 12.4 Å². The molecule has 164 valence electrons. The summed E-state index contributed by atoms with van der Waals surface area (Å²) in [4.78, 5) is 27.9. The average molecular weight is 433 g/mol. The van der Waals surface area contributed by atoms with E-state index in [9.17, 15) is 14.3 Å². The maximum atomic E-state index is 13.8. The van der Waals surface area contributed by atoms with Crippen LogP contribution in [0.5, 0.6) is 0 Å². The van der Waals surface area contributed by atoms with Crippen molar-refractivity contribution in [2.24, 2.45) is 0 Å². The van der Waals surface area contributed by atoms with Crippen molar-refractivity contribution in [3.63, 3.8) is 0 Å². The molecule has 0 aliphatic carbocycles. The van der Waals surface area contributed by atoms with Crippen molar-refractivity contribution in [1.29, 1.82) is 0 Å². The van der Waals surface area contributed by atoms with Gasteiger partial charge in [-0.25, -0.2) is 9.37 Å². The standard InChI is InChI=1S/C24H24FN5O2/c1-29-6-8-30(9-7-29)18-3-5-21-22(12-18)28-23(27-21)19-11-16(13-26-24(19)32)15-2-4-20(25)17(10-15)14-31/h2-5,10-13,31H,6-9,14H2,1H3,(H,26,32)(H,27,28). The Morgan fingerprint density at radius 3 is 2.66 bits per heavy atom. The van der Waals surface area contributed by atoms with Gasteiger partial charge in [0.05, 0.1) is 23.2 Å². The van der Waals surface area contributed by atoms with E-state index in [2.05, 4.69) is 43.9 Å². The summed E-state index contributed by atoms with van der Waals surface area (Å²) in [6, 6.07) is 12.3. The second-order valence-corrected chi connectivity index (χ2v) is 8.17. The first-order valence-corrected chi connectivity index (χ1v) is 10.6. The first-order valence-electron chi connectivity index (χ1n) is 10.6. The summed E-state index contributed by atoms with van der Waals surface area (Å²) in [6.45, 7) is 3.59. The lowest BCUT2D eigenvalue weighted by molar-refractivity contribution is 0.276. The second kappa shape index (κ2) is 8.22. The number of rotatable bonds is 4. The average Bonchev–Trinajstić information content (AvgIpc) is 3.23. The molecule has 32 heavy (non-hydrogen) atoms. The van der Waals surface area contributed by atoms with Gasteiger partial charge in [-0.1, -0.05) is 6.07 Å². The SMILES string of the molecule is CN1CCN(c2ccc3nc(-c4cc(-c5ccc(F)c(CO)c5)c[nH]c4=O)[nH]c3c2)CC1. The fourth-order valence-electron chi connectivity index (χ4n) is 4.09. The molecule has 0 spiro atoms. The lowest BCUT2D eigenvalue weighted by atomic mass is 10.0. The zero-order chi connectivity index (χ0) is 22.2. The Balaban J connectivity index is 1.51. The number of aromatic nitrogens is 3. The van der Waals surface area contributed by atoms with Crippen molar-refractivity contribution in [3.05, 3.63) is 70.4 Å². The number of hydrogen-bond donors (Lipinski definition) is 3. The molecule has 0 bridgehead atoms. The van der Waals surface area contributed by atoms with Gasteiger partial charge in [0.2, 0.25) is 0 Å². The van der Waals surface area contributed by atoms with Crippen LogP contribution in [0.15, 0.2) is 53.5 Å². The van der Waals surface area contributed by atoms with Crippen LogP contribution in [0.1, 0.15) is 5.56 Å². The molecule has 5 rings (SSSR count). The summed E-state index contributed by atoms with van der Waals surface area (Å²) in [7, 11) is 2.13. The molecule has 0 amide bonds. The van der Waals surface area contributed by atoms with E-state index in [1.165, 1.54) is 6.07 Å². The molecular weight excluding hydrogens is 409 g/mol. The van der Waals surface area contributed by atoms with Crippen LogP contribution in [-0.2, 0) is 6.61 Å². The molecule has 0 unspecified atom stereocenters. The quantitative estimate of drug-likeness (QED) is 0.461. The molecule has 2 aromatic carbocycles. The van der Waals surface area contributed by atoms with Gasteiger partial charge in [0, 0.05) is 43.6 Å². The fraction of sp³-hybridized carbons (Fsp3) is 0.250. The lowest BCUT2D eigenvalue weighted by Crippen LogP contribution is -2.44. The Morgan fingerprint density at radius 1 is 1.06 bits per heavy atom. The predicted octanol–water partition coefficient (Wildman–Crippen LogP) is 2.97. The van der Waals surface area contributed by atoms with Gasteiger partial charge in [-0.3, -0.25) is 4.79 Å². The third kappa shape index (κ3) is 3.79. The number of anilines is 1. The monoisotopic (exact) mass is 433 g/mol. The summed E-state index contributed by atoms with van der Waals surface area (Å²) in [5.74, 6) is 0.0115. The van der Waals surface area contributed by atoms with Gasteiger partial charge in [-0.15, -0.1) is 0 Å². The molecule has 3 N–H and O–H groups in total. The molecule has 0 atom stereocenters. The van der Waals surface area contributed by atoms with Crippen molar-refractivity contribution in [2.45, 2.75) is 6.61 Å². The van der Waals surface area contributed by atoms with Gasteiger partial charge in [0.15, 0.2) is 0 Å². The number of nitrogens with one attached hydrogen (secondary N) is 2. The Labute approximate surface area is 184 Å². The number of aliphatic hydroxyl groups excluding tert-OH is 1. The Hall–Kier alpha value is -3.49. The third-order valence-electron chi connectivity index (χ3n) is 6.04. The highest BCUT2D eigenvalue weighted by molar-refractivity contribution is 5.83. The van der Waals surface area contributed by atoms with Gasteiger partial charge in [-0.05, 0) is 54.6 Å². The number of nitrogens with zero attached hydrogens (tertiary/aromatic N) is 3. The predicted molar refractivity (Wildman–Crippen MR) is 123 cm³/mol. The third-order valence-corrected chi connectivity index (χ3v) is 6.04. The molecule has 7 nitrogen and oxygen atoms in total. The zero-order valence-electron chi connectivity index (χ0n) is 17.7. The summed E-state index contributed by atoms with van der Waals surface area (Å²) < 4.78 is 13.8. The molecule has 0 radical (unpaired) electrons. The molecule has 2 aromatic heterocycles. The zero-order valence-corrected chi connectivity index (χ0v) is 17.7. The lowest BCUT2D eigenvalue weighted by Gasteiger charge is -2.34. The minimum Gasteiger partial charge on any atom is -0.392 e. The smallest absolute Gasteiger partial charge is 0.259 e. The van der Waals surface area contributed by atoms with Crippen LogP contribution in [-0.4, -0.2) is 58.2 Å². The molecular formula is C24H24FN5O2. The van der Waals surface area contributed by atoms with Crippen molar-refractivity contribution < 1.29 is 9.50 Å². The number of pyridine rings is 1. The fourth-order valence-corrected chi connectivity index (χ4v) is 4.09. The topological polar surface area (TPSA) is 88.2 Å². The number of hydrogen-bond acceptors (Lipinski definition) is 5. The Bertz CT molecular complexity index is 1340. The van der Waals surface area contributed by atoms with Gasteiger partial charge >= 0.3 is 0 Å². The Kier molecular flexibility index (Phi) is 5.24. The number of piperazine rings is 1. The summed E-state index contributed by atoms with van der Waals surface area (Å²) in [6.07, 6.45) is 1.58. The number of likely N-dealkylation sites (N-methyl/N-ethyl adjacent to an activating group) is 1. The van der Waals surface area contributed by atoms with E-state index in [-0.39, 0.29) is 11.1 Å². The minimum absolute atomic E-state index is 0.204. The highest BCUT2D eigenvalue weighted by Gasteiger charge is 2.16. The summed E-state index contributed by atoms with van der Waals surface area (Å²) >= 11 is 0. The number of H-pyrrole nitrogens is 2. The van der Waals surface area contributed by atoms with Crippen LogP contribution in [0.4, 0.5) is 10.1 Å². The first kappa shape index (κ1) is 20.4. The molecule has 4 aromatic rings. The number of imidazole rings is 1. The van der Waals surface area contributed by atoms with Gasteiger partial charge < -0.3 is 24.9 Å². The largest absolute Gasteiger partial charge is 0.392 e. The van der Waals surface area contributed by atoms with E-state index in [0.29, 0.717) is 22.5 Å². The Morgan fingerprint density at radius 2 is 1.88 bits per heavy atom. The van der Waals surface area contributed by atoms with E-state index in [1.807, 2.05) is 6.07 Å². The molecule has 0 saturated carbocycles. The minimum atomic E-state index is -0.464. The van der Waals surface area contributed by atoms with Crippen LogP contribution in [0.3, 0.4) is 0 Å². The highest BCUT2D eigenvalue weighted by Crippen LogP contribution is 2.27. The molecule has 1 aliphatic rings. The van der Waals surface area contributed by atoms with Gasteiger partial charge in [-0.2, -0.15) is 0 Å². The molecule has 1 saturated heterocycles. The summed E-state index contributed by atoms with van der Waals surface area (Å²) in [5.41, 5.74) is 4.51. The maximum absolute atomic E-state index is 13.8. The second-order valence-electron chi connectivity index (χ2n) is 8.17. The number of fused-ring (bicyclic) bond motifs is 1. The molecule has 8 heteroatoms. The number of halogens is 1. The maximum Gasteiger partial charge on any atom is 0.259 e. The van der Waals surface area contributed by atoms with Crippen LogP contribution in [0.2, 0.25) is 0 Å². The number of aromatic amines is 2. The van der Waals surface area contributed by atoms with Crippen molar-refractivity contribution >= 4 is 16.7 Å². The van der Waals surface area contributed by atoms with Crippen molar-refractivity contribution in [1.82, 2.24) is 19.9 Å². The van der Waals surface area contributed by atoms with E-state index in [4.69, 9.17) is 0 Å². The van der Waals surface area contributed by atoms with Gasteiger partial charge in [0.25, 0.3) is 5.56 Å². The van der Waals surface area contributed by atoms with E-state index >= 15 is 0 Å². The van der Waals surface area contributed by atoms with E-state index in [0.717, 1.165) is 42.9 Å². The van der Waals surface area contributed by atoms with Gasteiger partial charge in [0.1, 0.15) is 11.6 Å². The van der Waals surface area contributed by atoms with E-state index in [1.54, 1.807) is 24.4 Å². The number of benzene rings is 2. The van der Waals surface area contributed by atoms with Crippen LogP contribution in [0, 0.1) is 5.82 Å². The van der Waals surface area contributed by atoms with Crippen molar-refractivity contribution in [2.75, 3.05) is 38.1 Å². The van der Waals surface area contributed by atoms with Crippen LogP contribution < -0.4 is 10.5 Å². The highest BCUT2D eigenvalue weighted by atomic mass is 19.1.